The predicted octanol–water partition coefficient (Wildman–Crippen LogP) is 6.05. The normalized spacial score (nSPS) is 21.3. The number of benzene rings is 3. The van der Waals surface area contributed by atoms with Crippen molar-refractivity contribution < 1.29 is 0 Å². The predicted molar refractivity (Wildman–Crippen MR) is 133 cm³/mol. The molecule has 0 aromatic heterocycles. The summed E-state index contributed by atoms with van der Waals surface area (Å²) < 4.78 is 2.51. The zero-order valence-electron chi connectivity index (χ0n) is 18.1. The van der Waals surface area contributed by atoms with Crippen molar-refractivity contribution in [1.82, 2.24) is 4.90 Å². The zero-order chi connectivity index (χ0) is 20.6. The van der Waals surface area contributed by atoms with Crippen LogP contribution in [0.1, 0.15) is 24.8 Å². The van der Waals surface area contributed by atoms with Crippen molar-refractivity contribution in [2.75, 3.05) is 42.3 Å². The molecule has 160 valence electrons. The Morgan fingerprint density at radius 1 is 0.871 bits per heavy atom. The van der Waals surface area contributed by atoms with E-state index >= 15 is 0 Å². The monoisotopic (exact) mass is 429 g/mol. The van der Waals surface area contributed by atoms with Gasteiger partial charge in [-0.05, 0) is 91.7 Å². The van der Waals surface area contributed by atoms with Crippen LogP contribution in [-0.4, -0.2) is 37.6 Å². The molecule has 0 saturated carbocycles. The van der Waals surface area contributed by atoms with E-state index in [4.69, 9.17) is 0 Å². The molecule has 1 unspecified atom stereocenters. The summed E-state index contributed by atoms with van der Waals surface area (Å²) in [5.74, 6) is 1.69. The van der Waals surface area contributed by atoms with Crippen LogP contribution in [0.3, 0.4) is 0 Å². The highest BCUT2D eigenvalue weighted by Crippen LogP contribution is 2.45. The summed E-state index contributed by atoms with van der Waals surface area (Å²) in [6.45, 7) is 5.94. The summed E-state index contributed by atoms with van der Waals surface area (Å²) in [5.41, 5.74) is 4.26. The van der Waals surface area contributed by atoms with Crippen LogP contribution in [0, 0.1) is 11.8 Å². The van der Waals surface area contributed by atoms with Crippen molar-refractivity contribution in [2.24, 2.45) is 11.8 Å². The van der Waals surface area contributed by atoms with E-state index in [2.05, 4.69) is 75.2 Å². The van der Waals surface area contributed by atoms with Gasteiger partial charge in [-0.15, -0.1) is 0 Å². The maximum Gasteiger partial charge on any atom is 0.0564 e. The molecular weight excluding hydrogens is 398 g/mol. The van der Waals surface area contributed by atoms with Gasteiger partial charge in [-0.25, -0.2) is 0 Å². The highest BCUT2D eigenvalue weighted by molar-refractivity contribution is 8.01. The highest BCUT2D eigenvalue weighted by Gasteiger charge is 2.26. The van der Waals surface area contributed by atoms with Crippen LogP contribution < -0.4 is 9.62 Å². The minimum Gasteiger partial charge on any atom is -0.385 e. The summed E-state index contributed by atoms with van der Waals surface area (Å²) in [7, 11) is 0. The molecule has 3 aromatic carbocycles. The topological polar surface area (TPSA) is 18.5 Å². The second-order valence-electron chi connectivity index (χ2n) is 9.45. The Labute approximate surface area is 189 Å². The fourth-order valence-electron chi connectivity index (χ4n) is 5.73. The van der Waals surface area contributed by atoms with Gasteiger partial charge in [-0.1, -0.05) is 42.5 Å². The fourth-order valence-corrected chi connectivity index (χ4v) is 6.84. The van der Waals surface area contributed by atoms with Crippen molar-refractivity contribution in [3.05, 3.63) is 66.2 Å². The minimum absolute atomic E-state index is 0.798. The first-order chi connectivity index (χ1) is 15.3. The van der Waals surface area contributed by atoms with Crippen molar-refractivity contribution >= 4 is 34.1 Å². The summed E-state index contributed by atoms with van der Waals surface area (Å²) in [4.78, 5) is 4.10. The number of anilines is 2. The molecule has 6 rings (SSSR count). The van der Waals surface area contributed by atoms with Crippen molar-refractivity contribution in [3.8, 4) is 0 Å². The van der Waals surface area contributed by atoms with Crippen LogP contribution >= 0.6 is 11.9 Å². The number of nitrogens with zero attached hydrogens (tertiary/aromatic N) is 2. The molecule has 3 aromatic rings. The van der Waals surface area contributed by atoms with Gasteiger partial charge in [0.1, 0.15) is 0 Å². The summed E-state index contributed by atoms with van der Waals surface area (Å²) in [5, 5.41) is 6.47. The molecular formula is C27H31N3S. The zero-order valence-corrected chi connectivity index (χ0v) is 18.9. The number of fused-ring (bicyclic) bond motifs is 1. The quantitative estimate of drug-likeness (QED) is 0.497. The van der Waals surface area contributed by atoms with Crippen LogP contribution in [0.5, 0.6) is 0 Å². The molecule has 1 atom stereocenters. The Balaban J connectivity index is 0.996. The smallest absolute Gasteiger partial charge is 0.0564 e. The van der Waals surface area contributed by atoms with Crippen LogP contribution in [0.15, 0.2) is 65.6 Å². The lowest BCUT2D eigenvalue weighted by atomic mass is 9.82. The first-order valence-electron chi connectivity index (χ1n) is 11.8. The molecule has 0 radical (unpaired) electrons. The average molecular weight is 430 g/mol. The van der Waals surface area contributed by atoms with Crippen molar-refractivity contribution in [2.45, 2.75) is 30.6 Å². The number of nitrogens with one attached hydrogen (secondary N) is 1. The Kier molecular flexibility index (Phi) is 5.29. The Morgan fingerprint density at radius 3 is 2.61 bits per heavy atom. The number of para-hydroxylation sites is 1. The summed E-state index contributed by atoms with van der Waals surface area (Å²) in [6, 6.07) is 22.2. The average Bonchev–Trinajstić information content (AvgIpc) is 3.18. The Morgan fingerprint density at radius 2 is 1.71 bits per heavy atom. The third-order valence-corrected chi connectivity index (χ3v) is 8.56. The Hall–Kier alpha value is -2.17. The lowest BCUT2D eigenvalue weighted by molar-refractivity contribution is 0.171. The number of hydrogen-bond acceptors (Lipinski definition) is 4. The second-order valence-corrected chi connectivity index (χ2v) is 10.5. The van der Waals surface area contributed by atoms with E-state index in [-0.39, 0.29) is 0 Å². The minimum atomic E-state index is 0.798. The van der Waals surface area contributed by atoms with Crippen LogP contribution in [0.2, 0.25) is 0 Å². The van der Waals surface area contributed by atoms with E-state index in [1.165, 1.54) is 77.9 Å². The van der Waals surface area contributed by atoms with Crippen molar-refractivity contribution in [3.63, 3.8) is 0 Å². The summed E-state index contributed by atoms with van der Waals surface area (Å²) >= 11 is 1.92. The largest absolute Gasteiger partial charge is 0.385 e. The highest BCUT2D eigenvalue weighted by atomic mass is 32.2. The van der Waals surface area contributed by atoms with Gasteiger partial charge >= 0.3 is 0 Å². The van der Waals surface area contributed by atoms with Gasteiger partial charge in [0.2, 0.25) is 0 Å². The van der Waals surface area contributed by atoms with Crippen LogP contribution in [0.4, 0.5) is 11.4 Å². The lowest BCUT2D eigenvalue weighted by Gasteiger charge is -2.35. The van der Waals surface area contributed by atoms with E-state index in [1.54, 1.807) is 0 Å². The first-order valence-corrected chi connectivity index (χ1v) is 12.6. The molecule has 4 heteroatoms. The van der Waals surface area contributed by atoms with E-state index in [9.17, 15) is 0 Å². The second kappa shape index (κ2) is 8.40. The maximum absolute atomic E-state index is 3.66. The van der Waals surface area contributed by atoms with Gasteiger partial charge in [-0.3, -0.25) is 0 Å². The molecule has 3 aliphatic heterocycles. The molecule has 1 N–H and O–H groups in total. The molecule has 0 bridgehead atoms. The Bertz CT molecular complexity index is 1070. The maximum atomic E-state index is 3.66. The molecule has 3 nitrogen and oxygen atoms in total. The van der Waals surface area contributed by atoms with E-state index < -0.39 is 0 Å². The number of rotatable bonds is 5. The summed E-state index contributed by atoms with van der Waals surface area (Å²) in [6.07, 6.45) is 5.36. The van der Waals surface area contributed by atoms with Gasteiger partial charge in [-0.2, -0.15) is 0 Å². The molecule has 0 aliphatic carbocycles. The van der Waals surface area contributed by atoms with Gasteiger partial charge in [0.25, 0.3) is 0 Å². The molecule has 1 saturated heterocycles. The third kappa shape index (κ3) is 3.92. The van der Waals surface area contributed by atoms with E-state index in [0.29, 0.717) is 0 Å². The third-order valence-electron chi connectivity index (χ3n) is 7.42. The van der Waals surface area contributed by atoms with Gasteiger partial charge in [0, 0.05) is 35.6 Å². The van der Waals surface area contributed by atoms with Gasteiger partial charge < -0.3 is 14.5 Å². The molecule has 3 heterocycles. The van der Waals surface area contributed by atoms with E-state index in [0.717, 1.165) is 24.9 Å². The molecule has 1 fully saturated rings. The molecule has 0 amide bonds. The molecule has 3 aliphatic rings. The molecule has 31 heavy (non-hydrogen) atoms. The van der Waals surface area contributed by atoms with Gasteiger partial charge in [0.05, 0.1) is 5.69 Å². The lowest BCUT2D eigenvalue weighted by Crippen LogP contribution is -2.39. The van der Waals surface area contributed by atoms with Crippen LogP contribution in [0.25, 0.3) is 10.8 Å². The molecule has 0 spiro atoms. The fraction of sp³-hybridized carbons (Fsp3) is 0.407. The number of likely N-dealkylation sites (tertiary alicyclic amines) is 1. The number of piperidine rings is 1. The van der Waals surface area contributed by atoms with Gasteiger partial charge in [0.15, 0.2) is 0 Å². The SMILES string of the molecule is c1ccc2c(c1)CC(CC1CCN(CCN3Sc4cccc5cccc3c45)CC1)CN2. The standard InChI is InChI=1S/C27H31N3S/c1-2-8-24-23(5-1)18-21(19-28-24)17-20-11-13-29(14-12-20)15-16-30-25-9-3-6-22-7-4-10-26(31-30)27(22)25/h1-10,20-21,28H,11-19H2. The first kappa shape index (κ1) is 19.5. The number of hydrogen-bond donors (Lipinski definition) is 1. The van der Waals surface area contributed by atoms with Crippen molar-refractivity contribution in [1.29, 1.82) is 0 Å². The van der Waals surface area contributed by atoms with Crippen LogP contribution in [-0.2, 0) is 6.42 Å². The van der Waals surface area contributed by atoms with E-state index in [1.807, 2.05) is 11.9 Å².